The lowest BCUT2D eigenvalue weighted by Gasteiger charge is -2.17. The van der Waals surface area contributed by atoms with E-state index in [-0.39, 0.29) is 23.6 Å². The summed E-state index contributed by atoms with van der Waals surface area (Å²) in [6, 6.07) is 5.26. The van der Waals surface area contributed by atoms with Gasteiger partial charge in [-0.15, -0.1) is 0 Å². The van der Waals surface area contributed by atoms with Crippen LogP contribution in [0.25, 0.3) is 0 Å². The largest absolute Gasteiger partial charge is 0.461 e. The molecular weight excluding hydrogens is 277 g/mol. The fourth-order valence-electron chi connectivity index (χ4n) is 2.42. The molecule has 1 aromatic carbocycles. The Morgan fingerprint density at radius 1 is 1.33 bits per heavy atom. The van der Waals surface area contributed by atoms with Crippen LogP contribution < -0.4 is 4.90 Å². The molecule has 0 fully saturated rings. The minimum Gasteiger partial charge on any atom is -0.461 e. The number of halogens is 1. The molecule has 1 aromatic heterocycles. The Kier molecular flexibility index (Phi) is 2.94. The summed E-state index contributed by atoms with van der Waals surface area (Å²) in [5.41, 5.74) is 0.701. The lowest BCUT2D eigenvalue weighted by molar-refractivity contribution is -0.114. The first-order valence-electron chi connectivity index (χ1n) is 6.22. The van der Waals surface area contributed by atoms with Gasteiger partial charge in [-0.25, -0.2) is 4.39 Å². The molecule has 5 nitrogen and oxygen atoms in total. The quantitative estimate of drug-likeness (QED) is 0.640. The normalized spacial score (nSPS) is 13.7. The third kappa shape index (κ3) is 2.05. The fourth-order valence-corrected chi connectivity index (χ4v) is 2.42. The first-order valence-corrected chi connectivity index (χ1v) is 6.22. The second-order valence-corrected chi connectivity index (χ2v) is 4.74. The summed E-state index contributed by atoms with van der Waals surface area (Å²) in [5, 5.41) is 0. The minimum atomic E-state index is -0.835. The van der Waals surface area contributed by atoms with Crippen LogP contribution >= 0.6 is 0 Å². The van der Waals surface area contributed by atoms with E-state index in [4.69, 9.17) is 4.42 Å². The van der Waals surface area contributed by atoms with Gasteiger partial charge in [-0.1, -0.05) is 0 Å². The number of anilines is 1. The predicted octanol–water partition coefficient (Wildman–Crippen LogP) is 2.14. The molecule has 3 rings (SSSR count). The molecule has 0 saturated heterocycles. The minimum absolute atomic E-state index is 0.00950. The van der Waals surface area contributed by atoms with Gasteiger partial charge in [0.05, 0.1) is 24.1 Å². The highest BCUT2D eigenvalue weighted by molar-refractivity contribution is 6.52. The Morgan fingerprint density at radius 2 is 2.10 bits per heavy atom. The number of aryl methyl sites for hydroxylation is 1. The maximum Gasteiger partial charge on any atom is 0.299 e. The number of carbonyl (C=O) groups excluding carboxylic acids is 3. The van der Waals surface area contributed by atoms with Gasteiger partial charge >= 0.3 is 0 Å². The highest BCUT2D eigenvalue weighted by Gasteiger charge is 2.38. The van der Waals surface area contributed by atoms with Crippen molar-refractivity contribution in [1.29, 1.82) is 0 Å². The lowest BCUT2D eigenvalue weighted by atomic mass is 10.1. The number of furan rings is 1. The van der Waals surface area contributed by atoms with Gasteiger partial charge in [0.15, 0.2) is 5.76 Å². The molecule has 106 valence electrons. The van der Waals surface area contributed by atoms with Gasteiger partial charge in [0.2, 0.25) is 5.78 Å². The first kappa shape index (κ1) is 13.2. The van der Waals surface area contributed by atoms with Crippen molar-refractivity contribution >= 4 is 23.2 Å². The zero-order valence-electron chi connectivity index (χ0n) is 11.1. The average Bonchev–Trinajstić information content (AvgIpc) is 3.03. The molecule has 1 amide bonds. The molecule has 0 spiro atoms. The van der Waals surface area contributed by atoms with Gasteiger partial charge < -0.3 is 4.42 Å². The summed E-state index contributed by atoms with van der Waals surface area (Å²) in [6.45, 7) is 1.26. The van der Waals surface area contributed by atoms with Crippen molar-refractivity contribution in [2.24, 2.45) is 0 Å². The van der Waals surface area contributed by atoms with Crippen LogP contribution in [0, 0.1) is 12.7 Å². The van der Waals surface area contributed by atoms with E-state index in [0.29, 0.717) is 5.56 Å². The molecule has 0 bridgehead atoms. The van der Waals surface area contributed by atoms with Crippen LogP contribution in [0.3, 0.4) is 0 Å². The number of nitrogens with zero attached hydrogens (tertiary/aromatic N) is 1. The van der Waals surface area contributed by atoms with Crippen molar-refractivity contribution in [3.63, 3.8) is 0 Å². The standard InChI is InChI=1S/C15H10FNO4/c1-8-5-9(16)6-10-13(8)17(15(20)14(10)19)7-11(18)12-3-2-4-21-12/h2-6H,7H2,1H3. The summed E-state index contributed by atoms with van der Waals surface area (Å²) in [5.74, 6) is -2.56. The molecule has 0 unspecified atom stereocenters. The van der Waals surface area contributed by atoms with E-state index in [1.54, 1.807) is 13.0 Å². The predicted molar refractivity (Wildman–Crippen MR) is 70.9 cm³/mol. The third-order valence-corrected chi connectivity index (χ3v) is 3.32. The SMILES string of the molecule is Cc1cc(F)cc2c1N(CC(=O)c1ccco1)C(=O)C2=O. The number of hydrogen-bond donors (Lipinski definition) is 0. The summed E-state index contributed by atoms with van der Waals surface area (Å²) >= 11 is 0. The van der Waals surface area contributed by atoms with Crippen LogP contribution in [0.4, 0.5) is 10.1 Å². The smallest absolute Gasteiger partial charge is 0.299 e. The Morgan fingerprint density at radius 3 is 2.76 bits per heavy atom. The van der Waals surface area contributed by atoms with Crippen LogP contribution in [-0.4, -0.2) is 24.0 Å². The molecule has 2 aromatic rings. The zero-order valence-corrected chi connectivity index (χ0v) is 11.1. The number of amides is 1. The second kappa shape index (κ2) is 4.66. The molecule has 1 aliphatic heterocycles. The van der Waals surface area contributed by atoms with Gasteiger partial charge in [0.25, 0.3) is 11.7 Å². The van der Waals surface area contributed by atoms with E-state index in [0.717, 1.165) is 11.0 Å². The van der Waals surface area contributed by atoms with Crippen molar-refractivity contribution in [3.05, 3.63) is 53.2 Å². The number of benzene rings is 1. The molecule has 2 heterocycles. The zero-order chi connectivity index (χ0) is 15.1. The van der Waals surface area contributed by atoms with E-state index < -0.39 is 23.3 Å². The number of fused-ring (bicyclic) bond motifs is 1. The first-order chi connectivity index (χ1) is 9.99. The summed E-state index contributed by atoms with van der Waals surface area (Å²) in [7, 11) is 0. The van der Waals surface area contributed by atoms with E-state index >= 15 is 0 Å². The summed E-state index contributed by atoms with van der Waals surface area (Å²) < 4.78 is 18.3. The van der Waals surface area contributed by atoms with Crippen LogP contribution in [0.2, 0.25) is 0 Å². The average molecular weight is 287 g/mol. The van der Waals surface area contributed by atoms with Crippen molar-refractivity contribution < 1.29 is 23.2 Å². The van der Waals surface area contributed by atoms with Crippen molar-refractivity contribution in [2.75, 3.05) is 11.4 Å². The van der Waals surface area contributed by atoms with Gasteiger partial charge in [-0.3, -0.25) is 19.3 Å². The molecule has 0 radical (unpaired) electrons. The maximum atomic E-state index is 13.4. The van der Waals surface area contributed by atoms with Crippen molar-refractivity contribution in [2.45, 2.75) is 6.92 Å². The molecule has 21 heavy (non-hydrogen) atoms. The Bertz CT molecular complexity index is 764. The van der Waals surface area contributed by atoms with E-state index in [9.17, 15) is 18.8 Å². The monoisotopic (exact) mass is 287 g/mol. The van der Waals surface area contributed by atoms with Gasteiger partial charge in [-0.2, -0.15) is 0 Å². The number of ketones is 2. The molecular formula is C15H10FNO4. The summed E-state index contributed by atoms with van der Waals surface area (Å²) in [4.78, 5) is 37.0. The number of Topliss-reactive ketones (excluding diaryl/α,β-unsaturated/α-hetero) is 2. The Labute approximate surface area is 119 Å². The lowest BCUT2D eigenvalue weighted by Crippen LogP contribution is -2.34. The summed E-state index contributed by atoms with van der Waals surface area (Å²) in [6.07, 6.45) is 1.35. The highest BCUT2D eigenvalue weighted by atomic mass is 19.1. The van der Waals surface area contributed by atoms with Crippen LogP contribution in [0.5, 0.6) is 0 Å². The van der Waals surface area contributed by atoms with E-state index in [1.807, 2.05) is 0 Å². The Hall–Kier alpha value is -2.76. The molecule has 6 heteroatoms. The fraction of sp³-hybridized carbons (Fsp3) is 0.133. The number of carbonyl (C=O) groups is 3. The van der Waals surface area contributed by atoms with E-state index in [2.05, 4.69) is 0 Å². The highest BCUT2D eigenvalue weighted by Crippen LogP contribution is 2.33. The van der Waals surface area contributed by atoms with Crippen molar-refractivity contribution in [1.82, 2.24) is 0 Å². The van der Waals surface area contributed by atoms with Gasteiger partial charge in [-0.05, 0) is 36.8 Å². The molecule has 0 aliphatic carbocycles. The van der Waals surface area contributed by atoms with Gasteiger partial charge in [0, 0.05) is 0 Å². The van der Waals surface area contributed by atoms with Crippen LogP contribution in [0.15, 0.2) is 34.9 Å². The van der Waals surface area contributed by atoms with Crippen LogP contribution in [-0.2, 0) is 4.79 Å². The van der Waals surface area contributed by atoms with Gasteiger partial charge in [0.1, 0.15) is 5.82 Å². The third-order valence-electron chi connectivity index (χ3n) is 3.32. The van der Waals surface area contributed by atoms with Crippen molar-refractivity contribution in [3.8, 4) is 0 Å². The molecule has 0 atom stereocenters. The number of hydrogen-bond acceptors (Lipinski definition) is 4. The molecule has 0 N–H and O–H groups in total. The maximum absolute atomic E-state index is 13.4. The molecule has 1 aliphatic rings. The van der Waals surface area contributed by atoms with Crippen LogP contribution in [0.1, 0.15) is 26.5 Å². The Balaban J connectivity index is 2.00. The number of rotatable bonds is 3. The second-order valence-electron chi connectivity index (χ2n) is 4.74. The molecule has 0 saturated carbocycles. The topological polar surface area (TPSA) is 67.6 Å². The van der Waals surface area contributed by atoms with E-state index in [1.165, 1.54) is 18.4 Å².